The number of carboxylic acids is 1. The van der Waals surface area contributed by atoms with Gasteiger partial charge in [0.15, 0.2) is 0 Å². The number of carbonyl (C=O) groups is 2. The normalized spacial score (nSPS) is 13.0. The number of amides is 1. The highest BCUT2D eigenvalue weighted by Gasteiger charge is 2.38. The van der Waals surface area contributed by atoms with E-state index in [-0.39, 0.29) is 5.91 Å². The highest BCUT2D eigenvalue weighted by molar-refractivity contribution is 7.09. The second-order valence-electron chi connectivity index (χ2n) is 6.38. The fraction of sp³-hybridized carbons (Fsp3) is 0.333. The van der Waals surface area contributed by atoms with Gasteiger partial charge in [0.25, 0.3) is 5.91 Å². The number of oxazole rings is 1. The molecule has 31 heavy (non-hydrogen) atoms. The van der Waals surface area contributed by atoms with Crippen molar-refractivity contribution in [3.63, 3.8) is 0 Å². The number of thiazole rings is 1. The summed E-state index contributed by atoms with van der Waals surface area (Å²) in [6.45, 7) is 3.60. The maximum absolute atomic E-state index is 12.3. The zero-order chi connectivity index (χ0) is 22.6. The third-order valence-corrected chi connectivity index (χ3v) is 4.82. The van der Waals surface area contributed by atoms with E-state index in [1.807, 2.05) is 12.3 Å². The number of alkyl halides is 3. The van der Waals surface area contributed by atoms with Gasteiger partial charge in [-0.25, -0.2) is 14.8 Å². The molecular formula is C18H17F3N4O5S. The summed E-state index contributed by atoms with van der Waals surface area (Å²) >= 11 is 1.60. The molecule has 2 N–H and O–H groups in total. The topological polar surface area (TPSA) is 122 Å². The van der Waals surface area contributed by atoms with Crippen LogP contribution in [0.5, 0.6) is 0 Å². The van der Waals surface area contributed by atoms with E-state index in [0.717, 1.165) is 22.2 Å². The van der Waals surface area contributed by atoms with Crippen molar-refractivity contribution in [2.45, 2.75) is 39.4 Å². The van der Waals surface area contributed by atoms with E-state index in [1.54, 1.807) is 34.6 Å². The van der Waals surface area contributed by atoms with Crippen LogP contribution in [0.25, 0.3) is 0 Å². The number of carbonyl (C=O) groups excluding carboxylic acids is 1. The average molecular weight is 458 g/mol. The maximum Gasteiger partial charge on any atom is 0.490 e. The summed E-state index contributed by atoms with van der Waals surface area (Å²) < 4.78 is 43.0. The Kier molecular flexibility index (Phi) is 6.75. The number of aryl methyl sites for hydroxylation is 1. The quantitative estimate of drug-likeness (QED) is 0.602. The number of rotatable bonds is 5. The van der Waals surface area contributed by atoms with E-state index in [0.29, 0.717) is 37.9 Å². The number of halogens is 3. The zero-order valence-electron chi connectivity index (χ0n) is 16.1. The first-order chi connectivity index (χ1) is 14.6. The third-order valence-electron chi connectivity index (χ3n) is 4.00. The van der Waals surface area contributed by atoms with Gasteiger partial charge in [-0.1, -0.05) is 0 Å². The van der Waals surface area contributed by atoms with E-state index in [2.05, 4.69) is 15.0 Å². The lowest BCUT2D eigenvalue weighted by Gasteiger charge is -2.13. The van der Waals surface area contributed by atoms with Crippen molar-refractivity contribution in [3.05, 3.63) is 57.5 Å². The minimum atomic E-state index is -5.08. The lowest BCUT2D eigenvalue weighted by Crippen LogP contribution is -2.25. The molecule has 166 valence electrons. The van der Waals surface area contributed by atoms with E-state index in [4.69, 9.17) is 19.1 Å². The number of ether oxygens (including phenoxy) is 1. The van der Waals surface area contributed by atoms with Crippen molar-refractivity contribution in [2.75, 3.05) is 0 Å². The molecule has 0 radical (unpaired) electrons. The summed E-state index contributed by atoms with van der Waals surface area (Å²) in [4.78, 5) is 34.6. The van der Waals surface area contributed by atoms with Gasteiger partial charge < -0.3 is 24.1 Å². The summed E-state index contributed by atoms with van der Waals surface area (Å²) in [6.07, 6.45) is -3.35. The zero-order valence-corrected chi connectivity index (χ0v) is 16.9. The van der Waals surface area contributed by atoms with Crippen LogP contribution in [0.2, 0.25) is 0 Å². The fourth-order valence-electron chi connectivity index (χ4n) is 2.65. The first kappa shape index (κ1) is 22.5. The van der Waals surface area contributed by atoms with Gasteiger partial charge in [-0.15, -0.1) is 11.3 Å². The van der Waals surface area contributed by atoms with Crippen molar-refractivity contribution in [3.8, 4) is 0 Å². The molecule has 4 rings (SSSR count). The second-order valence-corrected chi connectivity index (χ2v) is 7.44. The van der Waals surface area contributed by atoms with Gasteiger partial charge in [0, 0.05) is 11.6 Å². The molecule has 0 aromatic carbocycles. The summed E-state index contributed by atoms with van der Waals surface area (Å²) in [6, 6.07) is 3.56. The van der Waals surface area contributed by atoms with Gasteiger partial charge in [-0.2, -0.15) is 13.2 Å². The van der Waals surface area contributed by atoms with Gasteiger partial charge in [-0.05, 0) is 19.1 Å². The number of hydrogen-bond acceptors (Lipinski definition) is 7. The smallest absolute Gasteiger partial charge is 0.475 e. The largest absolute Gasteiger partial charge is 0.490 e. The lowest BCUT2D eigenvalue weighted by atomic mass is 10.4. The monoisotopic (exact) mass is 458 g/mol. The molecule has 0 saturated carbocycles. The molecule has 1 aliphatic heterocycles. The predicted octanol–water partition coefficient (Wildman–Crippen LogP) is 3.27. The Morgan fingerprint density at radius 2 is 2.06 bits per heavy atom. The van der Waals surface area contributed by atoms with Crippen molar-refractivity contribution in [2.24, 2.45) is 0 Å². The number of nitrogens with zero attached hydrogens (tertiary/aromatic N) is 3. The summed E-state index contributed by atoms with van der Waals surface area (Å²) in [5.41, 5.74) is 2.29. The van der Waals surface area contributed by atoms with Crippen LogP contribution in [0.4, 0.5) is 13.2 Å². The third kappa shape index (κ3) is 5.92. The molecular weight excluding hydrogens is 441 g/mol. The molecule has 3 aromatic heterocycles. The molecule has 13 heteroatoms. The van der Waals surface area contributed by atoms with E-state index >= 15 is 0 Å². The summed E-state index contributed by atoms with van der Waals surface area (Å²) in [5, 5.41) is 10.1. The Hall–Kier alpha value is -3.19. The predicted molar refractivity (Wildman–Crippen MR) is 99.9 cm³/mol. The number of aromatic nitrogens is 3. The Bertz CT molecular complexity index is 1020. The minimum Gasteiger partial charge on any atom is -0.475 e. The molecule has 0 bridgehead atoms. The van der Waals surface area contributed by atoms with E-state index in [1.165, 1.54) is 0 Å². The van der Waals surface area contributed by atoms with Crippen LogP contribution in [-0.2, 0) is 35.8 Å². The number of hydrogen-bond donors (Lipinski definition) is 2. The molecule has 0 atom stereocenters. The standard InChI is InChI=1S/C16H16N4O3S.C2HF3O2/c1-10-18-11(9-24-10)7-22-8-15-19-13-5-20(6-14(13)23-15)16(21)12-3-2-4-17-12;3-2(4,5)1(6)7/h2-4,9,17H,5-8H2,1H3;(H,6,7). The molecule has 3 aromatic rings. The van der Waals surface area contributed by atoms with Gasteiger partial charge in [0.1, 0.15) is 23.8 Å². The molecule has 0 fully saturated rings. The van der Waals surface area contributed by atoms with Gasteiger partial charge in [0.2, 0.25) is 5.89 Å². The van der Waals surface area contributed by atoms with Crippen LogP contribution in [0.3, 0.4) is 0 Å². The van der Waals surface area contributed by atoms with Crippen molar-refractivity contribution >= 4 is 23.2 Å². The van der Waals surface area contributed by atoms with Crippen LogP contribution < -0.4 is 0 Å². The molecule has 0 spiro atoms. The Labute approximate surface area is 177 Å². The van der Waals surface area contributed by atoms with Crippen molar-refractivity contribution in [1.82, 2.24) is 19.9 Å². The number of nitrogens with one attached hydrogen (secondary N) is 1. The van der Waals surface area contributed by atoms with Crippen LogP contribution in [0, 0.1) is 6.92 Å². The molecule has 1 amide bonds. The number of fused-ring (bicyclic) bond motifs is 1. The summed E-state index contributed by atoms with van der Waals surface area (Å²) in [7, 11) is 0. The van der Waals surface area contributed by atoms with E-state index < -0.39 is 12.1 Å². The Morgan fingerprint density at radius 1 is 1.32 bits per heavy atom. The molecule has 1 aliphatic rings. The van der Waals surface area contributed by atoms with Crippen LogP contribution in [-0.4, -0.2) is 43.0 Å². The van der Waals surface area contributed by atoms with Gasteiger partial charge >= 0.3 is 12.1 Å². The molecule has 0 unspecified atom stereocenters. The minimum absolute atomic E-state index is 0.0510. The maximum atomic E-state index is 12.3. The number of H-pyrrole nitrogens is 1. The molecule has 9 nitrogen and oxygen atoms in total. The van der Waals surface area contributed by atoms with Gasteiger partial charge in [-0.3, -0.25) is 4.79 Å². The Morgan fingerprint density at radius 3 is 2.61 bits per heavy atom. The lowest BCUT2D eigenvalue weighted by molar-refractivity contribution is -0.192. The van der Waals surface area contributed by atoms with Crippen molar-refractivity contribution < 1.29 is 37.0 Å². The fourth-order valence-corrected chi connectivity index (χ4v) is 3.25. The number of carboxylic acid groups (broad SMARTS) is 1. The van der Waals surface area contributed by atoms with Crippen LogP contribution in [0.1, 0.15) is 38.5 Å². The van der Waals surface area contributed by atoms with Crippen LogP contribution in [0.15, 0.2) is 28.1 Å². The highest BCUT2D eigenvalue weighted by Crippen LogP contribution is 2.25. The first-order valence-electron chi connectivity index (χ1n) is 8.82. The van der Waals surface area contributed by atoms with Crippen LogP contribution >= 0.6 is 11.3 Å². The second kappa shape index (κ2) is 9.31. The molecule has 4 heterocycles. The number of aliphatic carboxylic acids is 1. The number of aromatic amines is 1. The van der Waals surface area contributed by atoms with Gasteiger partial charge in [0.05, 0.1) is 30.4 Å². The SMILES string of the molecule is Cc1nc(COCc2nc3c(o2)CN(C(=O)c2ccc[nH]2)C3)cs1.O=C(O)C(F)(F)F. The van der Waals surface area contributed by atoms with Crippen molar-refractivity contribution in [1.29, 1.82) is 0 Å². The first-order valence-corrected chi connectivity index (χ1v) is 9.70. The summed E-state index contributed by atoms with van der Waals surface area (Å²) in [5.74, 6) is -1.53. The average Bonchev–Trinajstić information content (AvgIpc) is 3.45. The molecule has 0 saturated heterocycles. The Balaban J connectivity index is 0.000000339. The van der Waals surface area contributed by atoms with E-state index in [9.17, 15) is 18.0 Å². The molecule has 0 aliphatic carbocycles. The highest BCUT2D eigenvalue weighted by atomic mass is 32.1.